The van der Waals surface area contributed by atoms with Gasteiger partial charge < -0.3 is 18.9 Å². The zero-order valence-electron chi connectivity index (χ0n) is 26.0. The normalized spacial score (nSPS) is 14.3. The fourth-order valence-electron chi connectivity index (χ4n) is 5.48. The number of aryl methyl sites for hydroxylation is 1. The summed E-state index contributed by atoms with van der Waals surface area (Å²) in [6.07, 6.45) is 4.61. The molecule has 0 radical (unpaired) electrons. The smallest absolute Gasteiger partial charge is 0.173 e. The third-order valence-electron chi connectivity index (χ3n) is 7.83. The van der Waals surface area contributed by atoms with Gasteiger partial charge in [0.15, 0.2) is 5.16 Å². The predicted octanol–water partition coefficient (Wildman–Crippen LogP) is 8.92. The summed E-state index contributed by atoms with van der Waals surface area (Å²) in [6, 6.07) is 14.3. The first-order valence-corrected chi connectivity index (χ1v) is 16.9. The number of unbranched alkanes of at least 4 members (excludes halogenated alkanes) is 1. The minimum absolute atomic E-state index is 0.00435. The average Bonchev–Trinajstić information content (AvgIpc) is 3.43. The highest BCUT2D eigenvalue weighted by molar-refractivity contribution is 7.98. The lowest BCUT2D eigenvalue weighted by atomic mass is 9.84. The van der Waals surface area contributed by atoms with Crippen LogP contribution in [0.3, 0.4) is 0 Å². The second-order valence-corrected chi connectivity index (χ2v) is 12.3. The predicted molar refractivity (Wildman–Crippen MR) is 174 cm³/mol. The van der Waals surface area contributed by atoms with Crippen LogP contribution in [0.4, 0.5) is 13.2 Å². The second-order valence-electron chi connectivity index (χ2n) is 11.0. The van der Waals surface area contributed by atoms with Crippen LogP contribution in [0.2, 0.25) is 5.02 Å². The molecule has 0 aliphatic heterocycles. The van der Waals surface area contributed by atoms with Crippen LogP contribution in [-0.2, 0) is 21.6 Å². The van der Waals surface area contributed by atoms with Gasteiger partial charge in [0.05, 0.1) is 43.3 Å². The van der Waals surface area contributed by atoms with Crippen molar-refractivity contribution in [3.05, 3.63) is 99.6 Å². The fraction of sp³-hybridized carbons (Fsp3) is 0.400. The number of ether oxygens (including phenoxy) is 4. The Bertz CT molecular complexity index is 1580. The van der Waals surface area contributed by atoms with Crippen LogP contribution in [0.1, 0.15) is 61.0 Å². The molecule has 0 fully saturated rings. The average molecular weight is 675 g/mol. The maximum absolute atomic E-state index is 15.2. The van der Waals surface area contributed by atoms with Gasteiger partial charge in [0.25, 0.3) is 0 Å². The number of benzene rings is 3. The van der Waals surface area contributed by atoms with Crippen LogP contribution in [0.15, 0.2) is 59.8 Å². The molecule has 1 aliphatic rings. The Morgan fingerprint density at radius 3 is 2.37 bits per heavy atom. The Hall–Kier alpha value is -3.18. The summed E-state index contributed by atoms with van der Waals surface area (Å²) in [5.41, 5.74) is 3.51. The quantitative estimate of drug-likeness (QED) is 0.0874. The summed E-state index contributed by atoms with van der Waals surface area (Å²) in [5.74, 6) is -1.14. The summed E-state index contributed by atoms with van der Waals surface area (Å²) in [5, 5.41) is 1.09. The molecule has 0 amide bonds. The van der Waals surface area contributed by atoms with Gasteiger partial charge in [-0.15, -0.1) is 0 Å². The molecule has 0 N–H and O–H groups in total. The van der Waals surface area contributed by atoms with Crippen LogP contribution >= 0.6 is 23.4 Å². The fourth-order valence-corrected chi connectivity index (χ4v) is 6.74. The zero-order valence-corrected chi connectivity index (χ0v) is 27.6. The Balaban J connectivity index is 1.33. The molecule has 0 saturated heterocycles. The molecule has 6 nitrogen and oxygen atoms in total. The molecule has 0 saturated carbocycles. The number of halogens is 4. The monoisotopic (exact) mass is 674 g/mol. The van der Waals surface area contributed by atoms with E-state index >= 15 is 8.78 Å². The van der Waals surface area contributed by atoms with Crippen molar-refractivity contribution in [2.45, 2.75) is 55.9 Å². The maximum atomic E-state index is 15.2. The summed E-state index contributed by atoms with van der Waals surface area (Å²) >= 11 is 7.54. The molecule has 11 heteroatoms. The van der Waals surface area contributed by atoms with Gasteiger partial charge in [-0.1, -0.05) is 42.8 Å². The second kappa shape index (κ2) is 16.6. The third-order valence-corrected chi connectivity index (χ3v) is 9.11. The largest absolute Gasteiger partial charge is 0.495 e. The molecule has 5 rings (SSSR count). The van der Waals surface area contributed by atoms with Gasteiger partial charge in [0, 0.05) is 41.7 Å². The number of thioether (sulfide) groups is 1. The molecular weight excluding hydrogens is 637 g/mol. The highest BCUT2D eigenvalue weighted by Gasteiger charge is 2.31. The van der Waals surface area contributed by atoms with E-state index in [0.717, 1.165) is 49.1 Å². The molecule has 1 aliphatic carbocycles. The van der Waals surface area contributed by atoms with Crippen molar-refractivity contribution in [1.29, 1.82) is 0 Å². The molecule has 46 heavy (non-hydrogen) atoms. The summed E-state index contributed by atoms with van der Waals surface area (Å²) in [6.45, 7) is 4.16. The Morgan fingerprint density at radius 2 is 1.65 bits per heavy atom. The van der Waals surface area contributed by atoms with Gasteiger partial charge in [-0.25, -0.2) is 18.2 Å². The highest BCUT2D eigenvalue weighted by Crippen LogP contribution is 2.43. The Morgan fingerprint density at radius 1 is 0.935 bits per heavy atom. The van der Waals surface area contributed by atoms with Gasteiger partial charge in [0.2, 0.25) is 0 Å². The van der Waals surface area contributed by atoms with Crippen molar-refractivity contribution >= 4 is 23.4 Å². The van der Waals surface area contributed by atoms with E-state index in [1.54, 1.807) is 19.2 Å². The number of imidazole rings is 1. The zero-order chi connectivity index (χ0) is 32.5. The first-order chi connectivity index (χ1) is 22.4. The molecule has 3 aromatic carbocycles. The number of methoxy groups -OCH3 is 1. The minimum Gasteiger partial charge on any atom is -0.495 e. The van der Waals surface area contributed by atoms with Crippen molar-refractivity contribution in [1.82, 2.24) is 9.55 Å². The van der Waals surface area contributed by atoms with Crippen molar-refractivity contribution in [3.63, 3.8) is 0 Å². The molecule has 1 atom stereocenters. The molecule has 1 aromatic heterocycles. The Kier molecular flexibility index (Phi) is 12.3. The van der Waals surface area contributed by atoms with E-state index in [9.17, 15) is 4.39 Å². The number of nitrogens with zero attached hydrogens (tertiary/aromatic N) is 2. The summed E-state index contributed by atoms with van der Waals surface area (Å²) in [7, 11) is 1.58. The van der Waals surface area contributed by atoms with E-state index in [2.05, 4.69) is 6.92 Å². The number of rotatable bonds is 16. The van der Waals surface area contributed by atoms with Crippen molar-refractivity contribution in [2.24, 2.45) is 0 Å². The first kappa shape index (κ1) is 34.2. The topological polar surface area (TPSA) is 54.7 Å². The summed E-state index contributed by atoms with van der Waals surface area (Å²) in [4.78, 5) is 4.95. The van der Waals surface area contributed by atoms with E-state index in [1.807, 2.05) is 22.8 Å². The maximum Gasteiger partial charge on any atom is 0.173 e. The van der Waals surface area contributed by atoms with Gasteiger partial charge in [-0.2, -0.15) is 0 Å². The first-order valence-electron chi connectivity index (χ1n) is 15.5. The van der Waals surface area contributed by atoms with Crippen LogP contribution in [0.5, 0.6) is 11.5 Å². The van der Waals surface area contributed by atoms with Gasteiger partial charge in [-0.3, -0.25) is 4.57 Å². The van der Waals surface area contributed by atoms with Crippen LogP contribution < -0.4 is 9.47 Å². The minimum atomic E-state index is -0.705. The van der Waals surface area contributed by atoms with Crippen molar-refractivity contribution < 1.29 is 32.1 Å². The number of aromatic nitrogens is 2. The lowest BCUT2D eigenvalue weighted by Crippen LogP contribution is -2.15. The SMILES string of the molecule is CCCCOCCOCCOc1cc(F)c(CSc2nc3c(n2-c2ccc(F)cc2)C(c2ccc(Cl)c(OC)c2)CCC3)c(F)c1. The lowest BCUT2D eigenvalue weighted by molar-refractivity contribution is 0.0355. The van der Waals surface area contributed by atoms with E-state index < -0.39 is 11.6 Å². The molecule has 4 aromatic rings. The van der Waals surface area contributed by atoms with E-state index in [-0.39, 0.29) is 42.0 Å². The standard InChI is InChI=1S/C35H38ClF3N2O4S/c1-3-4-14-43-15-16-44-17-18-45-26-20-30(38)28(31(39)21-26)22-46-35-40-32-7-5-6-27(23-8-13-29(36)33(19-23)42-2)34(32)41(35)25-11-9-24(37)10-12-25/h8-13,19-21,27H,3-7,14-18,22H2,1-2H3. The molecule has 0 spiro atoms. The lowest BCUT2D eigenvalue weighted by Gasteiger charge is -2.26. The van der Waals surface area contributed by atoms with E-state index in [1.165, 1.54) is 36.0 Å². The van der Waals surface area contributed by atoms with Gasteiger partial charge in [0.1, 0.15) is 35.6 Å². The van der Waals surface area contributed by atoms with Gasteiger partial charge in [-0.05, 0) is 67.6 Å². The number of hydrogen-bond donors (Lipinski definition) is 0. The van der Waals surface area contributed by atoms with Crippen LogP contribution in [0.25, 0.3) is 5.69 Å². The van der Waals surface area contributed by atoms with Crippen LogP contribution in [-0.4, -0.2) is 49.7 Å². The molecule has 246 valence electrons. The van der Waals surface area contributed by atoms with Crippen molar-refractivity contribution in [2.75, 3.05) is 40.1 Å². The van der Waals surface area contributed by atoms with E-state index in [4.69, 9.17) is 35.5 Å². The van der Waals surface area contributed by atoms with Gasteiger partial charge >= 0.3 is 0 Å². The third kappa shape index (κ3) is 8.39. The highest BCUT2D eigenvalue weighted by atomic mass is 35.5. The van der Waals surface area contributed by atoms with Crippen LogP contribution in [0, 0.1) is 17.5 Å². The van der Waals surface area contributed by atoms with Crippen molar-refractivity contribution in [3.8, 4) is 17.2 Å². The van der Waals surface area contributed by atoms with E-state index in [0.29, 0.717) is 41.4 Å². The Labute approximate surface area is 277 Å². The molecule has 1 heterocycles. The molecule has 1 unspecified atom stereocenters. The number of fused-ring (bicyclic) bond motifs is 1. The summed E-state index contributed by atoms with van der Waals surface area (Å²) < 4.78 is 68.2. The number of hydrogen-bond acceptors (Lipinski definition) is 6. The molecule has 0 bridgehead atoms. The molecular formula is C35H38ClF3N2O4S.